The normalized spacial score (nSPS) is 11.9. The van der Waals surface area contributed by atoms with Crippen LogP contribution in [0.3, 0.4) is 0 Å². The van der Waals surface area contributed by atoms with Crippen molar-refractivity contribution in [3.8, 4) is 11.6 Å². The van der Waals surface area contributed by atoms with E-state index in [9.17, 15) is 0 Å². The number of benzene rings is 1. The van der Waals surface area contributed by atoms with Crippen LogP contribution in [0.5, 0.6) is 11.6 Å². The van der Waals surface area contributed by atoms with Crippen LogP contribution in [0.15, 0.2) is 42.7 Å². The molecule has 0 amide bonds. The zero-order chi connectivity index (χ0) is 14.9. The van der Waals surface area contributed by atoms with Crippen LogP contribution in [0.1, 0.15) is 25.1 Å². The molecule has 1 atom stereocenters. The van der Waals surface area contributed by atoms with Gasteiger partial charge in [0.15, 0.2) is 0 Å². The molecule has 0 aliphatic heterocycles. The highest BCUT2D eigenvalue weighted by Gasteiger charge is 2.18. The molecule has 1 heterocycles. The molecule has 2 aromatic rings. The first-order valence-corrected chi connectivity index (χ1v) is 7.11. The summed E-state index contributed by atoms with van der Waals surface area (Å²) in [6, 6.07) is 9.68. The minimum absolute atomic E-state index is 0.0613. The van der Waals surface area contributed by atoms with Crippen LogP contribution in [0.25, 0.3) is 0 Å². The van der Waals surface area contributed by atoms with Gasteiger partial charge in [-0.1, -0.05) is 25.1 Å². The molecule has 0 aliphatic carbocycles. The van der Waals surface area contributed by atoms with Crippen LogP contribution in [-0.4, -0.2) is 30.2 Å². The van der Waals surface area contributed by atoms with Crippen molar-refractivity contribution in [2.45, 2.75) is 19.4 Å². The third kappa shape index (κ3) is 4.43. The van der Waals surface area contributed by atoms with E-state index in [0.29, 0.717) is 12.5 Å². The number of nitrogens with zero attached hydrogens (tertiary/aromatic N) is 2. The molecule has 0 spiro atoms. The second kappa shape index (κ2) is 8.21. The second-order valence-electron chi connectivity index (χ2n) is 4.58. The Kier molecular flexibility index (Phi) is 5.97. The van der Waals surface area contributed by atoms with Gasteiger partial charge >= 0.3 is 0 Å². The van der Waals surface area contributed by atoms with Crippen molar-refractivity contribution in [3.63, 3.8) is 0 Å². The zero-order valence-electron chi connectivity index (χ0n) is 12.5. The molecule has 0 saturated carbocycles. The second-order valence-corrected chi connectivity index (χ2v) is 4.58. The number of nitrogens with one attached hydrogen (secondary N) is 1. The number of hydrogen-bond donors (Lipinski definition) is 1. The molecule has 0 bridgehead atoms. The van der Waals surface area contributed by atoms with E-state index in [-0.39, 0.29) is 6.04 Å². The monoisotopic (exact) mass is 287 g/mol. The molecule has 112 valence electrons. The van der Waals surface area contributed by atoms with E-state index in [1.807, 2.05) is 30.3 Å². The minimum atomic E-state index is -0.0613. The number of rotatable bonds is 8. The van der Waals surface area contributed by atoms with Crippen molar-refractivity contribution in [1.29, 1.82) is 0 Å². The van der Waals surface area contributed by atoms with Gasteiger partial charge in [0.2, 0.25) is 5.88 Å². The molecule has 1 aromatic heterocycles. The van der Waals surface area contributed by atoms with Gasteiger partial charge < -0.3 is 14.8 Å². The lowest BCUT2D eigenvalue weighted by atomic mass is 10.2. The molecule has 1 N–H and O–H groups in total. The van der Waals surface area contributed by atoms with E-state index in [1.165, 1.54) is 0 Å². The van der Waals surface area contributed by atoms with Crippen molar-refractivity contribution in [3.05, 3.63) is 48.4 Å². The summed E-state index contributed by atoms with van der Waals surface area (Å²) in [4.78, 5) is 8.59. The van der Waals surface area contributed by atoms with Crippen LogP contribution in [-0.2, 0) is 0 Å². The molecule has 0 aliphatic rings. The highest BCUT2D eigenvalue weighted by molar-refractivity contribution is 5.23. The van der Waals surface area contributed by atoms with Crippen LogP contribution in [0.2, 0.25) is 0 Å². The van der Waals surface area contributed by atoms with Crippen LogP contribution in [0.4, 0.5) is 0 Å². The van der Waals surface area contributed by atoms with E-state index in [0.717, 1.165) is 24.4 Å². The average Bonchev–Trinajstić information content (AvgIpc) is 2.56. The Bertz CT molecular complexity index is 534. The first-order valence-electron chi connectivity index (χ1n) is 7.11. The number of aromatic nitrogens is 2. The molecule has 21 heavy (non-hydrogen) atoms. The third-order valence-corrected chi connectivity index (χ3v) is 3.02. The molecule has 5 heteroatoms. The molecular weight excluding hydrogens is 266 g/mol. The molecule has 0 saturated heterocycles. The van der Waals surface area contributed by atoms with Gasteiger partial charge in [-0.25, -0.2) is 4.98 Å². The molecule has 1 unspecified atom stereocenters. The van der Waals surface area contributed by atoms with Crippen molar-refractivity contribution >= 4 is 0 Å². The van der Waals surface area contributed by atoms with Gasteiger partial charge in [0.1, 0.15) is 18.1 Å². The predicted molar refractivity (Wildman–Crippen MR) is 81.6 cm³/mol. The fourth-order valence-electron chi connectivity index (χ4n) is 1.98. The lowest BCUT2D eigenvalue weighted by Crippen LogP contribution is -2.29. The van der Waals surface area contributed by atoms with Crippen molar-refractivity contribution < 1.29 is 9.47 Å². The van der Waals surface area contributed by atoms with E-state index in [4.69, 9.17) is 9.47 Å². The van der Waals surface area contributed by atoms with E-state index < -0.39 is 0 Å². The summed E-state index contributed by atoms with van der Waals surface area (Å²) in [6.45, 7) is 3.47. The quantitative estimate of drug-likeness (QED) is 0.809. The maximum Gasteiger partial charge on any atom is 0.237 e. The summed E-state index contributed by atoms with van der Waals surface area (Å²) >= 11 is 0. The maximum absolute atomic E-state index is 5.83. The van der Waals surface area contributed by atoms with Gasteiger partial charge in [0.25, 0.3) is 0 Å². The van der Waals surface area contributed by atoms with Crippen LogP contribution >= 0.6 is 0 Å². The fraction of sp³-hybridized carbons (Fsp3) is 0.375. The average molecular weight is 287 g/mol. The van der Waals surface area contributed by atoms with Gasteiger partial charge in [-0.15, -0.1) is 0 Å². The third-order valence-electron chi connectivity index (χ3n) is 3.02. The lowest BCUT2D eigenvalue weighted by molar-refractivity contribution is 0.257. The van der Waals surface area contributed by atoms with E-state index in [1.54, 1.807) is 19.5 Å². The molecule has 0 radical (unpaired) electrons. The number of methoxy groups -OCH3 is 1. The maximum atomic E-state index is 5.83. The SMILES string of the molecule is CCCNC(COc1ccccc1)c1nccnc1OC. The topological polar surface area (TPSA) is 56.3 Å². The Hall–Kier alpha value is -2.14. The number of ether oxygens (including phenoxy) is 2. The van der Waals surface area contributed by atoms with Crippen LogP contribution < -0.4 is 14.8 Å². The highest BCUT2D eigenvalue weighted by atomic mass is 16.5. The van der Waals surface area contributed by atoms with Gasteiger partial charge in [-0.2, -0.15) is 0 Å². The summed E-state index contributed by atoms with van der Waals surface area (Å²) in [5.41, 5.74) is 0.768. The number of para-hydroxylation sites is 1. The standard InChI is InChI=1S/C16H21N3O2/c1-3-9-17-14(12-21-13-7-5-4-6-8-13)15-16(20-2)19-11-10-18-15/h4-8,10-11,14,17H,3,9,12H2,1-2H3. The largest absolute Gasteiger partial charge is 0.492 e. The summed E-state index contributed by atoms with van der Waals surface area (Å²) < 4.78 is 11.1. The first-order chi connectivity index (χ1) is 10.3. The van der Waals surface area contributed by atoms with E-state index in [2.05, 4.69) is 22.2 Å². The van der Waals surface area contributed by atoms with Gasteiger partial charge in [0, 0.05) is 12.4 Å². The fourth-order valence-corrected chi connectivity index (χ4v) is 1.98. The van der Waals surface area contributed by atoms with Gasteiger partial charge in [-0.3, -0.25) is 4.98 Å². The zero-order valence-corrected chi connectivity index (χ0v) is 12.5. The summed E-state index contributed by atoms with van der Waals surface area (Å²) in [5.74, 6) is 1.37. The van der Waals surface area contributed by atoms with Crippen molar-refractivity contribution in [2.75, 3.05) is 20.3 Å². The smallest absolute Gasteiger partial charge is 0.237 e. The number of hydrogen-bond acceptors (Lipinski definition) is 5. The van der Waals surface area contributed by atoms with Crippen molar-refractivity contribution in [2.24, 2.45) is 0 Å². The van der Waals surface area contributed by atoms with Crippen LogP contribution in [0, 0.1) is 0 Å². The summed E-state index contributed by atoms with van der Waals surface area (Å²) in [6.07, 6.45) is 4.32. The molecule has 1 aromatic carbocycles. The highest BCUT2D eigenvalue weighted by Crippen LogP contribution is 2.21. The molecule has 2 rings (SSSR count). The first kappa shape index (κ1) is 15.3. The molecule has 0 fully saturated rings. The van der Waals surface area contributed by atoms with Gasteiger partial charge in [0.05, 0.1) is 13.2 Å². The van der Waals surface area contributed by atoms with E-state index >= 15 is 0 Å². The molecular formula is C16H21N3O2. The Morgan fingerprint density at radius 3 is 2.62 bits per heavy atom. The Balaban J connectivity index is 2.10. The Labute approximate surface area is 125 Å². The van der Waals surface area contributed by atoms with Gasteiger partial charge in [-0.05, 0) is 25.1 Å². The Morgan fingerprint density at radius 2 is 1.90 bits per heavy atom. The summed E-state index contributed by atoms with van der Waals surface area (Å²) in [7, 11) is 1.60. The summed E-state index contributed by atoms with van der Waals surface area (Å²) in [5, 5.41) is 3.42. The minimum Gasteiger partial charge on any atom is -0.492 e. The molecule has 5 nitrogen and oxygen atoms in total. The lowest BCUT2D eigenvalue weighted by Gasteiger charge is -2.19. The predicted octanol–water partition coefficient (Wildman–Crippen LogP) is 2.60. The van der Waals surface area contributed by atoms with Crippen molar-refractivity contribution in [1.82, 2.24) is 15.3 Å². The Morgan fingerprint density at radius 1 is 1.14 bits per heavy atom.